The number of hydrogen-bond donors (Lipinski definition) is 0. The fraction of sp³-hybridized carbons (Fsp3) is 0.583. The molecule has 1 atom stereocenters. The van der Waals surface area contributed by atoms with Crippen LogP contribution in [0.1, 0.15) is 69.6 Å². The number of pyridine rings is 1. The van der Waals surface area contributed by atoms with Crippen LogP contribution in [0.25, 0.3) is 6.08 Å². The second-order valence-corrected chi connectivity index (χ2v) is 10.4. The second-order valence-electron chi connectivity index (χ2n) is 8.69. The number of nitrogens with zero attached hydrogens (tertiary/aromatic N) is 4. The van der Waals surface area contributed by atoms with Crippen molar-refractivity contribution in [3.63, 3.8) is 0 Å². The summed E-state index contributed by atoms with van der Waals surface area (Å²) in [6.45, 7) is 11.0. The van der Waals surface area contributed by atoms with Gasteiger partial charge in [-0.05, 0) is 50.2 Å². The molecule has 0 spiro atoms. The Labute approximate surface area is 200 Å². The lowest BCUT2D eigenvalue weighted by atomic mass is 9.98. The number of carbonyl (C=O) groups excluding carboxylic acids is 1. The molecule has 1 unspecified atom stereocenters. The van der Waals surface area contributed by atoms with Crippen molar-refractivity contribution < 1.29 is 4.79 Å². The van der Waals surface area contributed by atoms with Gasteiger partial charge in [-0.2, -0.15) is 5.26 Å². The van der Waals surface area contributed by atoms with Crippen LogP contribution >= 0.6 is 24.0 Å². The van der Waals surface area contributed by atoms with Gasteiger partial charge in [-0.3, -0.25) is 19.1 Å². The summed E-state index contributed by atoms with van der Waals surface area (Å²) in [6, 6.07) is 2.11. The Bertz CT molecular complexity index is 1040. The van der Waals surface area contributed by atoms with Crippen molar-refractivity contribution >= 4 is 46.1 Å². The Kier molecular flexibility index (Phi) is 8.18. The number of carbonyl (C=O) groups is 1. The van der Waals surface area contributed by atoms with Crippen molar-refractivity contribution in [3.8, 4) is 6.07 Å². The summed E-state index contributed by atoms with van der Waals surface area (Å²) in [7, 11) is 0. The number of unbranched alkanes of at least 4 members (excludes halogenated alkanes) is 1. The van der Waals surface area contributed by atoms with Crippen molar-refractivity contribution in [2.75, 3.05) is 24.5 Å². The van der Waals surface area contributed by atoms with Gasteiger partial charge in [0.2, 0.25) is 0 Å². The molecule has 3 rings (SSSR count). The summed E-state index contributed by atoms with van der Waals surface area (Å²) in [5, 5.41) is 9.75. The standard InChI is InChI=1S/C24H32N4O2S2/c1-5-7-12-28-23(30)20(32-24(28)31)13-18-17(4)19(14-25)22(29)27(10-6-2)21(18)26-11-8-9-16(3)15-26/h13,16H,5-12,15H2,1-4H3/b20-13+. The van der Waals surface area contributed by atoms with E-state index in [9.17, 15) is 14.9 Å². The zero-order valence-electron chi connectivity index (χ0n) is 19.4. The number of piperidine rings is 1. The molecule has 0 aromatic carbocycles. The molecule has 1 aromatic rings. The molecular weight excluding hydrogens is 440 g/mol. The Balaban J connectivity index is 2.20. The summed E-state index contributed by atoms with van der Waals surface area (Å²) in [4.78, 5) is 30.8. The van der Waals surface area contributed by atoms with Gasteiger partial charge in [-0.15, -0.1) is 0 Å². The SMILES string of the molecule is CCCCN1C(=O)/C(=C\c2c(C)c(C#N)c(=O)n(CCC)c2N2CCCC(C)C2)SC1=S. The molecule has 8 heteroatoms. The van der Waals surface area contributed by atoms with E-state index in [0.29, 0.717) is 33.8 Å². The fourth-order valence-electron chi connectivity index (χ4n) is 4.44. The highest BCUT2D eigenvalue weighted by molar-refractivity contribution is 8.26. The Morgan fingerprint density at radius 2 is 2.00 bits per heavy atom. The number of rotatable bonds is 7. The first kappa shape index (κ1) is 24.5. The van der Waals surface area contributed by atoms with E-state index in [1.54, 1.807) is 9.47 Å². The largest absolute Gasteiger partial charge is 0.357 e. The normalized spacial score (nSPS) is 20.3. The quantitative estimate of drug-likeness (QED) is 0.424. The van der Waals surface area contributed by atoms with Crippen LogP contribution in [0.3, 0.4) is 0 Å². The van der Waals surface area contributed by atoms with Crippen molar-refractivity contribution in [3.05, 3.63) is 31.9 Å². The highest BCUT2D eigenvalue weighted by Gasteiger charge is 2.33. The molecule has 0 bridgehead atoms. The summed E-state index contributed by atoms with van der Waals surface area (Å²) in [6.07, 6.45) is 6.74. The first-order chi connectivity index (χ1) is 15.3. The van der Waals surface area contributed by atoms with E-state index in [1.807, 2.05) is 19.9 Å². The molecule has 172 valence electrons. The molecule has 0 radical (unpaired) electrons. The topological polar surface area (TPSA) is 69.3 Å². The maximum atomic E-state index is 13.2. The van der Waals surface area contributed by atoms with Gasteiger partial charge in [0.1, 0.15) is 21.8 Å². The predicted octanol–water partition coefficient (Wildman–Crippen LogP) is 4.68. The number of aromatic nitrogens is 1. The molecular formula is C24H32N4O2S2. The van der Waals surface area contributed by atoms with Gasteiger partial charge < -0.3 is 4.90 Å². The average Bonchev–Trinajstić information content (AvgIpc) is 3.03. The van der Waals surface area contributed by atoms with E-state index in [4.69, 9.17) is 12.2 Å². The molecule has 1 aromatic heterocycles. The Morgan fingerprint density at radius 1 is 1.25 bits per heavy atom. The van der Waals surface area contributed by atoms with Gasteiger partial charge in [-0.25, -0.2) is 0 Å². The van der Waals surface area contributed by atoms with Crippen molar-refractivity contribution in [2.45, 2.75) is 66.3 Å². The highest BCUT2D eigenvalue weighted by atomic mass is 32.2. The highest BCUT2D eigenvalue weighted by Crippen LogP contribution is 2.37. The van der Waals surface area contributed by atoms with Crippen LogP contribution in [-0.2, 0) is 11.3 Å². The smallest absolute Gasteiger partial charge is 0.270 e. The molecule has 0 N–H and O–H groups in total. The molecule has 32 heavy (non-hydrogen) atoms. The van der Waals surface area contributed by atoms with Crippen molar-refractivity contribution in [1.82, 2.24) is 9.47 Å². The fourth-order valence-corrected chi connectivity index (χ4v) is 5.73. The maximum absolute atomic E-state index is 13.2. The molecule has 3 heterocycles. The van der Waals surface area contributed by atoms with Gasteiger partial charge in [0, 0.05) is 31.7 Å². The summed E-state index contributed by atoms with van der Waals surface area (Å²) in [5.41, 5.74) is 1.34. The predicted molar refractivity (Wildman–Crippen MR) is 136 cm³/mol. The van der Waals surface area contributed by atoms with E-state index in [2.05, 4.69) is 24.8 Å². The maximum Gasteiger partial charge on any atom is 0.270 e. The monoisotopic (exact) mass is 472 g/mol. The Hall–Kier alpha value is -2.11. The average molecular weight is 473 g/mol. The number of thiocarbonyl (C=S) groups is 1. The summed E-state index contributed by atoms with van der Waals surface area (Å²) >= 11 is 6.79. The van der Waals surface area contributed by atoms with Crippen LogP contribution in [-0.4, -0.2) is 39.3 Å². The molecule has 2 fully saturated rings. The minimum atomic E-state index is -0.243. The van der Waals surface area contributed by atoms with Crippen LogP contribution in [0.15, 0.2) is 9.70 Å². The molecule has 2 aliphatic rings. The van der Waals surface area contributed by atoms with E-state index in [-0.39, 0.29) is 17.0 Å². The first-order valence-electron chi connectivity index (χ1n) is 11.5. The molecule has 1 amide bonds. The van der Waals surface area contributed by atoms with Crippen LogP contribution in [0.5, 0.6) is 0 Å². The van der Waals surface area contributed by atoms with Crippen LogP contribution in [0.2, 0.25) is 0 Å². The van der Waals surface area contributed by atoms with Crippen molar-refractivity contribution in [2.24, 2.45) is 5.92 Å². The number of thioether (sulfide) groups is 1. The van der Waals surface area contributed by atoms with Gasteiger partial charge in [-0.1, -0.05) is 51.2 Å². The number of nitriles is 1. The third-order valence-corrected chi connectivity index (χ3v) is 7.51. The zero-order valence-corrected chi connectivity index (χ0v) is 21.1. The van der Waals surface area contributed by atoms with E-state index in [0.717, 1.165) is 56.6 Å². The molecule has 0 aliphatic carbocycles. The van der Waals surface area contributed by atoms with Crippen molar-refractivity contribution in [1.29, 1.82) is 5.26 Å². The Morgan fingerprint density at radius 3 is 2.62 bits per heavy atom. The molecule has 2 aliphatic heterocycles. The van der Waals surface area contributed by atoms with E-state index < -0.39 is 0 Å². The first-order valence-corrected chi connectivity index (χ1v) is 12.7. The summed E-state index contributed by atoms with van der Waals surface area (Å²) < 4.78 is 2.32. The number of anilines is 1. The lowest BCUT2D eigenvalue weighted by Gasteiger charge is -2.36. The third kappa shape index (κ3) is 4.79. The third-order valence-electron chi connectivity index (χ3n) is 6.13. The zero-order chi connectivity index (χ0) is 23.4. The summed E-state index contributed by atoms with van der Waals surface area (Å²) in [5.74, 6) is 1.27. The minimum Gasteiger partial charge on any atom is -0.357 e. The molecule has 6 nitrogen and oxygen atoms in total. The van der Waals surface area contributed by atoms with Crippen LogP contribution in [0, 0.1) is 24.2 Å². The van der Waals surface area contributed by atoms with Gasteiger partial charge in [0.05, 0.1) is 4.91 Å². The lowest BCUT2D eigenvalue weighted by molar-refractivity contribution is -0.122. The lowest BCUT2D eigenvalue weighted by Crippen LogP contribution is -2.40. The number of amides is 1. The number of hydrogen-bond acceptors (Lipinski definition) is 6. The van der Waals surface area contributed by atoms with Gasteiger partial charge >= 0.3 is 0 Å². The second kappa shape index (κ2) is 10.7. The minimum absolute atomic E-state index is 0.0856. The van der Waals surface area contributed by atoms with E-state index >= 15 is 0 Å². The van der Waals surface area contributed by atoms with Crippen LogP contribution in [0.4, 0.5) is 5.82 Å². The van der Waals surface area contributed by atoms with E-state index in [1.165, 1.54) is 11.8 Å². The van der Waals surface area contributed by atoms with Gasteiger partial charge in [0.15, 0.2) is 0 Å². The molecule has 2 saturated heterocycles. The van der Waals surface area contributed by atoms with Gasteiger partial charge in [0.25, 0.3) is 11.5 Å². The van der Waals surface area contributed by atoms with Crippen LogP contribution < -0.4 is 10.5 Å². The molecule has 0 saturated carbocycles.